The highest BCUT2D eigenvalue weighted by Crippen LogP contribution is 2.26. The second-order valence-corrected chi connectivity index (χ2v) is 5.05. The van der Waals surface area contributed by atoms with Gasteiger partial charge in [-0.1, -0.05) is 6.92 Å². The zero-order valence-corrected chi connectivity index (χ0v) is 11.4. The number of nitrogens with two attached hydrogens (primary N) is 1. The molecule has 0 saturated carbocycles. The molecule has 2 rings (SSSR count). The Morgan fingerprint density at radius 3 is 2.65 bits per heavy atom. The highest BCUT2D eigenvalue weighted by Gasteiger charge is 2.36. The summed E-state index contributed by atoms with van der Waals surface area (Å²) < 4.78 is 18.2. The predicted octanol–water partition coefficient (Wildman–Crippen LogP) is 1.03. The monoisotopic (exact) mass is 280 g/mol. The number of carbonyl (C=O) groups excluding carboxylic acids is 2. The molecule has 1 aliphatic heterocycles. The molecule has 5 nitrogen and oxygen atoms in total. The van der Waals surface area contributed by atoms with Crippen molar-refractivity contribution in [1.82, 2.24) is 4.90 Å². The van der Waals surface area contributed by atoms with E-state index in [0.29, 0.717) is 18.7 Å². The Balaban J connectivity index is 2.18. The number of amides is 2. The van der Waals surface area contributed by atoms with E-state index < -0.39 is 11.7 Å². The number of carbonyl (C=O) groups is 2. The van der Waals surface area contributed by atoms with Crippen molar-refractivity contribution in [1.29, 1.82) is 0 Å². The molecule has 0 spiro atoms. The summed E-state index contributed by atoms with van der Waals surface area (Å²) in [4.78, 5) is 25.2. The number of ether oxygens (including phenoxy) is 1. The first-order valence-electron chi connectivity index (χ1n) is 6.36. The predicted molar refractivity (Wildman–Crippen MR) is 70.7 cm³/mol. The Morgan fingerprint density at radius 2 is 2.10 bits per heavy atom. The van der Waals surface area contributed by atoms with Gasteiger partial charge in [0.25, 0.3) is 5.91 Å². The van der Waals surface area contributed by atoms with Crippen molar-refractivity contribution in [2.45, 2.75) is 6.92 Å². The van der Waals surface area contributed by atoms with Gasteiger partial charge >= 0.3 is 0 Å². The standard InChI is InChI=1S/C14H17FN2O3/c1-8-6-17(7-10(8)13(16)18)14(19)9-3-4-11(15)12(5-9)20-2/h3-5,8,10H,6-7H2,1-2H3,(H2,16,18)/t8-,10-/m1/s1. The molecule has 1 fully saturated rings. The molecule has 1 aromatic carbocycles. The number of benzene rings is 1. The van der Waals surface area contributed by atoms with Crippen LogP contribution in [0.4, 0.5) is 4.39 Å². The van der Waals surface area contributed by atoms with Crippen LogP contribution in [-0.2, 0) is 4.79 Å². The van der Waals surface area contributed by atoms with Crippen molar-refractivity contribution in [3.63, 3.8) is 0 Å². The summed E-state index contributed by atoms with van der Waals surface area (Å²) in [6.45, 7) is 2.65. The van der Waals surface area contributed by atoms with Crippen molar-refractivity contribution >= 4 is 11.8 Å². The van der Waals surface area contributed by atoms with Gasteiger partial charge in [0.2, 0.25) is 5.91 Å². The molecular formula is C14H17FN2O3. The molecule has 0 bridgehead atoms. The van der Waals surface area contributed by atoms with Crippen molar-refractivity contribution in [3.8, 4) is 5.75 Å². The first-order chi connectivity index (χ1) is 9.43. The minimum atomic E-state index is -0.520. The zero-order chi connectivity index (χ0) is 14.9. The average molecular weight is 280 g/mol. The third-order valence-electron chi connectivity index (χ3n) is 3.66. The van der Waals surface area contributed by atoms with Gasteiger partial charge in [-0.15, -0.1) is 0 Å². The van der Waals surface area contributed by atoms with Gasteiger partial charge in [-0.2, -0.15) is 0 Å². The molecule has 6 heteroatoms. The van der Waals surface area contributed by atoms with Crippen LogP contribution in [0.2, 0.25) is 0 Å². The summed E-state index contributed by atoms with van der Waals surface area (Å²) in [5, 5.41) is 0. The zero-order valence-electron chi connectivity index (χ0n) is 11.4. The van der Waals surface area contributed by atoms with E-state index in [1.807, 2.05) is 6.92 Å². The van der Waals surface area contributed by atoms with Crippen LogP contribution in [0.1, 0.15) is 17.3 Å². The van der Waals surface area contributed by atoms with Crippen molar-refractivity contribution in [2.75, 3.05) is 20.2 Å². The molecule has 2 N–H and O–H groups in total. The van der Waals surface area contributed by atoms with Gasteiger partial charge in [-0.25, -0.2) is 4.39 Å². The van der Waals surface area contributed by atoms with Crippen molar-refractivity contribution in [2.24, 2.45) is 17.6 Å². The fourth-order valence-electron chi connectivity index (χ4n) is 2.48. The van der Waals surface area contributed by atoms with E-state index in [9.17, 15) is 14.0 Å². The van der Waals surface area contributed by atoms with Gasteiger partial charge in [-0.3, -0.25) is 9.59 Å². The Bertz CT molecular complexity index is 547. The van der Waals surface area contributed by atoms with Crippen LogP contribution in [0.15, 0.2) is 18.2 Å². The van der Waals surface area contributed by atoms with Gasteiger partial charge in [0.05, 0.1) is 13.0 Å². The van der Waals surface area contributed by atoms with Crippen LogP contribution in [0.25, 0.3) is 0 Å². The Morgan fingerprint density at radius 1 is 1.40 bits per heavy atom. The number of hydrogen-bond acceptors (Lipinski definition) is 3. The van der Waals surface area contributed by atoms with E-state index in [1.54, 1.807) is 4.90 Å². The largest absolute Gasteiger partial charge is 0.494 e. The van der Waals surface area contributed by atoms with Gasteiger partial charge in [-0.05, 0) is 24.1 Å². The maximum Gasteiger partial charge on any atom is 0.254 e. The molecule has 1 aliphatic rings. The third kappa shape index (κ3) is 2.59. The third-order valence-corrected chi connectivity index (χ3v) is 3.66. The van der Waals surface area contributed by atoms with Gasteiger partial charge in [0.1, 0.15) is 0 Å². The van der Waals surface area contributed by atoms with Gasteiger partial charge in [0.15, 0.2) is 11.6 Å². The SMILES string of the molecule is COc1cc(C(=O)N2C[C@@H](C)[C@H](C(N)=O)C2)ccc1F. The fourth-order valence-corrected chi connectivity index (χ4v) is 2.48. The maximum atomic E-state index is 13.3. The number of hydrogen-bond donors (Lipinski definition) is 1. The number of likely N-dealkylation sites (tertiary alicyclic amines) is 1. The summed E-state index contributed by atoms with van der Waals surface area (Å²) >= 11 is 0. The molecule has 20 heavy (non-hydrogen) atoms. The Kier molecular flexibility index (Phi) is 3.92. The lowest BCUT2D eigenvalue weighted by molar-refractivity contribution is -0.122. The summed E-state index contributed by atoms with van der Waals surface area (Å²) in [7, 11) is 1.34. The molecule has 0 unspecified atom stereocenters. The normalized spacial score (nSPS) is 21.9. The lowest BCUT2D eigenvalue weighted by Crippen LogP contribution is -2.32. The van der Waals surface area contributed by atoms with Crippen LogP contribution in [0.3, 0.4) is 0 Å². The van der Waals surface area contributed by atoms with Crippen LogP contribution in [-0.4, -0.2) is 36.9 Å². The number of halogens is 1. The first-order valence-corrected chi connectivity index (χ1v) is 6.36. The lowest BCUT2D eigenvalue weighted by atomic mass is 9.98. The van der Waals surface area contributed by atoms with Crippen LogP contribution in [0, 0.1) is 17.7 Å². The fraction of sp³-hybridized carbons (Fsp3) is 0.429. The summed E-state index contributed by atoms with van der Waals surface area (Å²) in [6, 6.07) is 3.96. The molecule has 0 aliphatic carbocycles. The maximum absolute atomic E-state index is 13.3. The van der Waals surface area contributed by atoms with E-state index in [4.69, 9.17) is 10.5 Å². The molecule has 0 aromatic heterocycles. The highest BCUT2D eigenvalue weighted by atomic mass is 19.1. The molecule has 1 heterocycles. The van der Waals surface area contributed by atoms with Gasteiger partial charge < -0.3 is 15.4 Å². The second kappa shape index (κ2) is 5.48. The Hall–Kier alpha value is -2.11. The first kappa shape index (κ1) is 14.3. The van der Waals surface area contributed by atoms with Gasteiger partial charge in [0, 0.05) is 18.7 Å². The molecule has 2 amide bonds. The topological polar surface area (TPSA) is 72.6 Å². The average Bonchev–Trinajstić information content (AvgIpc) is 2.80. The highest BCUT2D eigenvalue weighted by molar-refractivity contribution is 5.95. The van der Waals surface area contributed by atoms with E-state index >= 15 is 0 Å². The second-order valence-electron chi connectivity index (χ2n) is 5.05. The lowest BCUT2D eigenvalue weighted by Gasteiger charge is -2.16. The number of rotatable bonds is 3. The summed E-state index contributed by atoms with van der Waals surface area (Å²) in [5.41, 5.74) is 5.64. The summed E-state index contributed by atoms with van der Waals surface area (Å²) in [6.07, 6.45) is 0. The minimum absolute atomic E-state index is 0.0227. The number of nitrogens with zero attached hydrogens (tertiary/aromatic N) is 1. The minimum Gasteiger partial charge on any atom is -0.494 e. The van der Waals surface area contributed by atoms with Crippen LogP contribution in [0.5, 0.6) is 5.75 Å². The molecule has 0 radical (unpaired) electrons. The van der Waals surface area contributed by atoms with Crippen molar-refractivity contribution < 1.29 is 18.7 Å². The van der Waals surface area contributed by atoms with E-state index in [-0.39, 0.29) is 23.5 Å². The molecule has 1 saturated heterocycles. The van der Waals surface area contributed by atoms with Crippen molar-refractivity contribution in [3.05, 3.63) is 29.6 Å². The Labute approximate surface area is 116 Å². The molecular weight excluding hydrogens is 263 g/mol. The number of methoxy groups -OCH3 is 1. The van der Waals surface area contributed by atoms with E-state index in [1.165, 1.54) is 25.3 Å². The number of primary amides is 1. The molecule has 1 aromatic rings. The quantitative estimate of drug-likeness (QED) is 0.898. The summed E-state index contributed by atoms with van der Waals surface area (Å²) in [5.74, 6) is -1.45. The van der Waals surface area contributed by atoms with E-state index in [2.05, 4.69) is 0 Å². The van der Waals surface area contributed by atoms with Crippen LogP contribution < -0.4 is 10.5 Å². The molecule has 2 atom stereocenters. The van der Waals surface area contributed by atoms with E-state index in [0.717, 1.165) is 0 Å². The molecule has 108 valence electrons. The van der Waals surface area contributed by atoms with Crippen LogP contribution >= 0.6 is 0 Å². The smallest absolute Gasteiger partial charge is 0.254 e.